The molecule has 3 aliphatic rings. The van der Waals surface area contributed by atoms with Crippen LogP contribution in [0.1, 0.15) is 33.6 Å². The minimum Gasteiger partial charge on any atom is -0.444 e. The van der Waals surface area contributed by atoms with E-state index in [1.54, 1.807) is 4.90 Å². The highest BCUT2D eigenvalue weighted by Gasteiger charge is 2.56. The van der Waals surface area contributed by atoms with E-state index in [1.165, 1.54) is 0 Å². The zero-order valence-corrected chi connectivity index (χ0v) is 8.91. The van der Waals surface area contributed by atoms with Crippen molar-refractivity contribution in [2.45, 2.75) is 50.9 Å². The quantitative estimate of drug-likeness (QED) is 0.636. The van der Waals surface area contributed by atoms with Gasteiger partial charge >= 0.3 is 6.09 Å². The van der Waals surface area contributed by atoms with Crippen molar-refractivity contribution in [3.8, 4) is 0 Å². The lowest BCUT2D eigenvalue weighted by atomic mass is 9.82. The van der Waals surface area contributed by atoms with Gasteiger partial charge in [0.25, 0.3) is 0 Å². The number of fused-ring (bicyclic) bond motifs is 1. The third-order valence-electron chi connectivity index (χ3n) is 2.76. The van der Waals surface area contributed by atoms with Gasteiger partial charge in [0.05, 0.1) is 12.1 Å². The third kappa shape index (κ3) is 1.59. The van der Waals surface area contributed by atoms with Gasteiger partial charge in [-0.2, -0.15) is 0 Å². The van der Waals surface area contributed by atoms with Crippen molar-refractivity contribution in [3.63, 3.8) is 0 Å². The molecule has 0 aromatic carbocycles. The number of hydrogen-bond donors (Lipinski definition) is 1. The molecule has 1 amide bonds. The Morgan fingerprint density at radius 2 is 2.07 bits per heavy atom. The summed E-state index contributed by atoms with van der Waals surface area (Å²) in [7, 11) is 0. The van der Waals surface area contributed by atoms with Crippen LogP contribution < -0.4 is 0 Å². The van der Waals surface area contributed by atoms with Crippen molar-refractivity contribution in [1.29, 1.82) is 0 Å². The maximum atomic E-state index is 11.6. The van der Waals surface area contributed by atoms with Crippen LogP contribution in [0.5, 0.6) is 0 Å². The zero-order valence-electron chi connectivity index (χ0n) is 8.91. The van der Waals surface area contributed by atoms with E-state index in [2.05, 4.69) is 0 Å². The molecule has 1 aliphatic carbocycles. The zero-order chi connectivity index (χ0) is 10.6. The molecule has 0 atom stereocenters. The number of aliphatic hydroxyl groups is 1. The Morgan fingerprint density at radius 3 is 2.43 bits per heavy atom. The molecule has 1 N–H and O–H groups in total. The molecule has 0 unspecified atom stereocenters. The lowest BCUT2D eigenvalue weighted by Crippen LogP contribution is -2.41. The van der Waals surface area contributed by atoms with Gasteiger partial charge in [0.15, 0.2) is 0 Å². The van der Waals surface area contributed by atoms with E-state index in [4.69, 9.17) is 4.74 Å². The minimum absolute atomic E-state index is 0.204. The molecule has 4 heteroatoms. The second-order valence-corrected chi connectivity index (χ2v) is 5.39. The van der Waals surface area contributed by atoms with Crippen molar-refractivity contribution in [1.82, 2.24) is 4.90 Å². The van der Waals surface area contributed by atoms with Crippen LogP contribution in [0.25, 0.3) is 0 Å². The number of hydrogen-bond acceptors (Lipinski definition) is 3. The van der Waals surface area contributed by atoms with Crippen LogP contribution in [0.2, 0.25) is 0 Å². The number of amides is 1. The van der Waals surface area contributed by atoms with Crippen molar-refractivity contribution in [3.05, 3.63) is 0 Å². The Balaban J connectivity index is 1.95. The van der Waals surface area contributed by atoms with E-state index in [0.717, 1.165) is 0 Å². The van der Waals surface area contributed by atoms with E-state index in [9.17, 15) is 9.90 Å². The van der Waals surface area contributed by atoms with E-state index in [0.29, 0.717) is 19.4 Å². The first-order chi connectivity index (χ1) is 6.29. The maximum Gasteiger partial charge on any atom is 0.410 e. The molecule has 4 nitrogen and oxygen atoms in total. The largest absolute Gasteiger partial charge is 0.444 e. The Bertz CT molecular complexity index is 263. The SMILES string of the molecule is CC(C)(C)OC(=O)N1CC2(O)CC1C2. The van der Waals surface area contributed by atoms with Crippen molar-refractivity contribution in [2.75, 3.05) is 6.54 Å². The van der Waals surface area contributed by atoms with Crippen LogP contribution in [-0.4, -0.2) is 39.9 Å². The van der Waals surface area contributed by atoms with Crippen molar-refractivity contribution >= 4 is 6.09 Å². The normalized spacial score (nSPS) is 35.4. The molecule has 0 spiro atoms. The summed E-state index contributed by atoms with van der Waals surface area (Å²) in [6, 6.07) is 0.204. The average Bonchev–Trinajstić information content (AvgIpc) is 2.36. The monoisotopic (exact) mass is 199 g/mol. The maximum absolute atomic E-state index is 11.6. The molecular weight excluding hydrogens is 182 g/mol. The van der Waals surface area contributed by atoms with Gasteiger partial charge in [0, 0.05) is 6.04 Å². The molecule has 3 fully saturated rings. The van der Waals surface area contributed by atoms with Crippen LogP contribution in [0.4, 0.5) is 4.79 Å². The molecule has 80 valence electrons. The first kappa shape index (κ1) is 9.77. The summed E-state index contributed by atoms with van der Waals surface area (Å²) in [5, 5.41) is 9.73. The van der Waals surface area contributed by atoms with Crippen LogP contribution in [-0.2, 0) is 4.74 Å². The highest BCUT2D eigenvalue weighted by Crippen LogP contribution is 2.44. The van der Waals surface area contributed by atoms with Gasteiger partial charge in [-0.05, 0) is 33.6 Å². The molecule has 0 aromatic heterocycles. The molecule has 0 aromatic rings. The van der Waals surface area contributed by atoms with E-state index < -0.39 is 11.2 Å². The predicted molar refractivity (Wildman–Crippen MR) is 50.9 cm³/mol. The van der Waals surface area contributed by atoms with E-state index >= 15 is 0 Å². The van der Waals surface area contributed by atoms with Gasteiger partial charge < -0.3 is 14.7 Å². The lowest BCUT2D eigenvalue weighted by Gasteiger charge is -2.32. The number of ether oxygens (including phenoxy) is 1. The Hall–Kier alpha value is -0.770. The van der Waals surface area contributed by atoms with Crippen molar-refractivity contribution < 1.29 is 14.6 Å². The summed E-state index contributed by atoms with van der Waals surface area (Å²) in [6.45, 7) is 5.98. The second kappa shape index (κ2) is 2.63. The van der Waals surface area contributed by atoms with E-state index in [-0.39, 0.29) is 12.1 Å². The standard InChI is InChI=1S/C10H17NO3/c1-9(2,3)14-8(12)11-6-10(13)4-7(11)5-10/h7,13H,4-6H2,1-3H3. The summed E-state index contributed by atoms with van der Waals surface area (Å²) in [5.41, 5.74) is -1.06. The first-order valence-corrected chi connectivity index (χ1v) is 5.01. The number of rotatable bonds is 0. The highest BCUT2D eigenvalue weighted by atomic mass is 16.6. The topological polar surface area (TPSA) is 49.8 Å². The van der Waals surface area contributed by atoms with Crippen LogP contribution in [0.15, 0.2) is 0 Å². The summed E-state index contributed by atoms with van der Waals surface area (Å²) in [5.74, 6) is 0. The molecule has 2 heterocycles. The number of nitrogens with zero attached hydrogens (tertiary/aromatic N) is 1. The summed E-state index contributed by atoms with van der Waals surface area (Å²) < 4.78 is 5.24. The average molecular weight is 199 g/mol. The van der Waals surface area contributed by atoms with Crippen LogP contribution >= 0.6 is 0 Å². The van der Waals surface area contributed by atoms with Gasteiger partial charge in [0.2, 0.25) is 0 Å². The molecule has 0 radical (unpaired) electrons. The number of carbonyl (C=O) groups excluding carboxylic acids is 1. The Morgan fingerprint density at radius 1 is 1.50 bits per heavy atom. The van der Waals surface area contributed by atoms with Gasteiger partial charge in [0.1, 0.15) is 5.60 Å². The number of carbonyl (C=O) groups is 1. The fraction of sp³-hybridized carbons (Fsp3) is 0.900. The second-order valence-electron chi connectivity index (χ2n) is 5.39. The van der Waals surface area contributed by atoms with Gasteiger partial charge in [-0.3, -0.25) is 0 Å². The van der Waals surface area contributed by atoms with Gasteiger partial charge in [-0.25, -0.2) is 4.79 Å². The van der Waals surface area contributed by atoms with Gasteiger partial charge in [-0.15, -0.1) is 0 Å². The molecule has 2 saturated heterocycles. The molecular formula is C10H17NO3. The first-order valence-electron chi connectivity index (χ1n) is 5.01. The van der Waals surface area contributed by atoms with E-state index in [1.807, 2.05) is 20.8 Å². The Kier molecular flexibility index (Phi) is 1.83. The fourth-order valence-corrected chi connectivity index (χ4v) is 2.15. The minimum atomic E-state index is -0.610. The molecule has 1 saturated carbocycles. The van der Waals surface area contributed by atoms with Crippen LogP contribution in [0, 0.1) is 0 Å². The highest BCUT2D eigenvalue weighted by molar-refractivity contribution is 5.70. The van der Waals surface area contributed by atoms with Crippen molar-refractivity contribution in [2.24, 2.45) is 0 Å². The van der Waals surface area contributed by atoms with Gasteiger partial charge in [-0.1, -0.05) is 0 Å². The lowest BCUT2D eigenvalue weighted by molar-refractivity contribution is 0.00543. The summed E-state index contributed by atoms with van der Waals surface area (Å²) >= 11 is 0. The molecule has 2 aliphatic heterocycles. The fourth-order valence-electron chi connectivity index (χ4n) is 2.15. The molecule has 14 heavy (non-hydrogen) atoms. The summed E-state index contributed by atoms with van der Waals surface area (Å²) in [4.78, 5) is 13.3. The molecule has 2 bridgehead atoms. The van der Waals surface area contributed by atoms with Crippen LogP contribution in [0.3, 0.4) is 0 Å². The predicted octanol–water partition coefficient (Wildman–Crippen LogP) is 1.13. The Labute approximate surface area is 83.8 Å². The smallest absolute Gasteiger partial charge is 0.410 e. The third-order valence-corrected chi connectivity index (χ3v) is 2.76. The summed E-state index contributed by atoms with van der Waals surface area (Å²) in [6.07, 6.45) is 1.13. The molecule has 3 rings (SSSR count).